The predicted octanol–water partition coefficient (Wildman–Crippen LogP) is 3.99. The molecule has 3 rings (SSSR count). The van der Waals surface area contributed by atoms with E-state index < -0.39 is 0 Å². The van der Waals surface area contributed by atoms with E-state index in [2.05, 4.69) is 33.4 Å². The fraction of sp³-hybridized carbons (Fsp3) is 0.222. The van der Waals surface area contributed by atoms with Crippen LogP contribution in [0.2, 0.25) is 0 Å². The molecule has 0 aliphatic heterocycles. The van der Waals surface area contributed by atoms with E-state index in [1.54, 1.807) is 0 Å². The Morgan fingerprint density at radius 1 is 1.25 bits per heavy atom. The molecule has 0 fully saturated rings. The second kappa shape index (κ2) is 7.30. The molecule has 122 valence electrons. The normalized spacial score (nSPS) is 12.1. The van der Waals surface area contributed by atoms with Crippen molar-refractivity contribution < 1.29 is 4.42 Å². The van der Waals surface area contributed by atoms with Gasteiger partial charge in [-0.15, -0.1) is 11.3 Å². The van der Waals surface area contributed by atoms with E-state index in [9.17, 15) is 5.26 Å². The highest BCUT2D eigenvalue weighted by atomic mass is 32.1. The SMILES string of the molecule is CN(C)[C@@H](CNc1oc(-c2cccs2)nc1C#N)c1ccccc1. The van der Waals surface area contributed by atoms with Gasteiger partial charge in [-0.3, -0.25) is 0 Å². The van der Waals surface area contributed by atoms with Gasteiger partial charge in [0, 0.05) is 6.54 Å². The summed E-state index contributed by atoms with van der Waals surface area (Å²) in [6, 6.07) is 16.3. The number of anilines is 1. The minimum atomic E-state index is 0.160. The molecule has 1 atom stereocenters. The molecule has 0 bridgehead atoms. The van der Waals surface area contributed by atoms with Crippen molar-refractivity contribution in [2.24, 2.45) is 0 Å². The molecule has 24 heavy (non-hydrogen) atoms. The molecule has 2 aromatic heterocycles. The van der Waals surface area contributed by atoms with Crippen LogP contribution in [0.4, 0.5) is 5.88 Å². The second-order valence-electron chi connectivity index (χ2n) is 5.56. The van der Waals surface area contributed by atoms with Gasteiger partial charge in [-0.25, -0.2) is 0 Å². The lowest BCUT2D eigenvalue weighted by atomic mass is 10.1. The van der Waals surface area contributed by atoms with Gasteiger partial charge in [0.05, 0.1) is 10.9 Å². The Kier molecular flexibility index (Phi) is 4.94. The average Bonchev–Trinajstić information content (AvgIpc) is 3.25. The minimum absolute atomic E-state index is 0.160. The Hall–Kier alpha value is -2.62. The summed E-state index contributed by atoms with van der Waals surface area (Å²) >= 11 is 1.53. The number of benzene rings is 1. The van der Waals surface area contributed by atoms with Gasteiger partial charge in [0.1, 0.15) is 6.07 Å². The summed E-state index contributed by atoms with van der Waals surface area (Å²) in [6.45, 7) is 0.616. The van der Waals surface area contributed by atoms with Crippen molar-refractivity contribution in [3.05, 3.63) is 59.1 Å². The number of thiophene rings is 1. The van der Waals surface area contributed by atoms with E-state index in [-0.39, 0.29) is 11.7 Å². The van der Waals surface area contributed by atoms with Crippen molar-refractivity contribution in [3.63, 3.8) is 0 Å². The van der Waals surface area contributed by atoms with Crippen LogP contribution >= 0.6 is 11.3 Å². The fourth-order valence-corrected chi connectivity index (χ4v) is 3.13. The summed E-state index contributed by atoms with van der Waals surface area (Å²) < 4.78 is 5.76. The highest BCUT2D eigenvalue weighted by Crippen LogP contribution is 2.29. The van der Waals surface area contributed by atoms with Crippen molar-refractivity contribution >= 4 is 17.2 Å². The molecule has 0 saturated heterocycles. The lowest BCUT2D eigenvalue weighted by molar-refractivity contribution is 0.310. The van der Waals surface area contributed by atoms with Gasteiger partial charge in [0.25, 0.3) is 0 Å². The number of hydrogen-bond donors (Lipinski definition) is 1. The number of nitriles is 1. The Morgan fingerprint density at radius 2 is 2.04 bits per heavy atom. The number of aromatic nitrogens is 1. The molecule has 0 unspecified atom stereocenters. The Labute approximate surface area is 145 Å². The van der Waals surface area contributed by atoms with Crippen LogP contribution in [-0.2, 0) is 0 Å². The van der Waals surface area contributed by atoms with Crippen LogP contribution in [0.15, 0.2) is 52.3 Å². The first-order valence-corrected chi connectivity index (χ1v) is 8.47. The third-order valence-corrected chi connectivity index (χ3v) is 4.59. The average molecular weight is 338 g/mol. The standard InChI is InChI=1S/C18H18N4OS/c1-22(2)15(13-7-4-3-5-8-13)12-20-17-14(11-19)21-18(23-17)16-9-6-10-24-16/h3-10,15,20H,12H2,1-2H3/t15-/m0/s1. The number of rotatable bonds is 6. The van der Waals surface area contributed by atoms with E-state index in [0.717, 1.165) is 4.88 Å². The van der Waals surface area contributed by atoms with E-state index in [1.165, 1.54) is 16.9 Å². The zero-order chi connectivity index (χ0) is 16.9. The third kappa shape index (κ3) is 3.48. The van der Waals surface area contributed by atoms with Gasteiger partial charge >= 0.3 is 0 Å². The molecule has 0 aliphatic rings. The van der Waals surface area contributed by atoms with E-state index >= 15 is 0 Å². The van der Waals surface area contributed by atoms with E-state index in [4.69, 9.17) is 4.42 Å². The van der Waals surface area contributed by atoms with Crippen molar-refractivity contribution in [1.29, 1.82) is 5.26 Å². The predicted molar refractivity (Wildman–Crippen MR) is 95.9 cm³/mol. The van der Waals surface area contributed by atoms with Crippen LogP contribution in [0.5, 0.6) is 0 Å². The highest BCUT2D eigenvalue weighted by Gasteiger charge is 2.18. The first-order chi connectivity index (χ1) is 11.7. The molecule has 2 heterocycles. The quantitative estimate of drug-likeness (QED) is 0.736. The maximum atomic E-state index is 9.30. The number of likely N-dealkylation sites (N-methyl/N-ethyl adjacent to an activating group) is 1. The smallest absolute Gasteiger partial charge is 0.240 e. The van der Waals surface area contributed by atoms with Gasteiger partial charge in [0.2, 0.25) is 17.5 Å². The molecule has 0 saturated carbocycles. The molecule has 0 spiro atoms. The van der Waals surface area contributed by atoms with E-state index in [0.29, 0.717) is 18.3 Å². The van der Waals surface area contributed by atoms with Crippen LogP contribution in [0.25, 0.3) is 10.8 Å². The number of nitrogens with one attached hydrogen (secondary N) is 1. The Balaban J connectivity index is 1.79. The van der Waals surface area contributed by atoms with Gasteiger partial charge in [-0.1, -0.05) is 36.4 Å². The maximum absolute atomic E-state index is 9.30. The lowest BCUT2D eigenvalue weighted by Gasteiger charge is -2.24. The van der Waals surface area contributed by atoms with Crippen molar-refractivity contribution in [2.45, 2.75) is 6.04 Å². The van der Waals surface area contributed by atoms with Crippen LogP contribution < -0.4 is 5.32 Å². The van der Waals surface area contributed by atoms with Gasteiger partial charge in [-0.05, 0) is 31.1 Å². The van der Waals surface area contributed by atoms with Crippen LogP contribution in [0.3, 0.4) is 0 Å². The zero-order valence-corrected chi connectivity index (χ0v) is 14.4. The molecule has 1 N–H and O–H groups in total. The summed E-state index contributed by atoms with van der Waals surface area (Å²) in [5, 5.41) is 14.5. The monoisotopic (exact) mass is 338 g/mol. The molecular formula is C18H18N4OS. The number of oxazole rings is 1. The molecular weight excluding hydrogens is 320 g/mol. The molecule has 1 aromatic carbocycles. The number of hydrogen-bond acceptors (Lipinski definition) is 6. The summed E-state index contributed by atoms with van der Waals surface area (Å²) in [7, 11) is 4.06. The number of nitrogens with zero attached hydrogens (tertiary/aromatic N) is 3. The zero-order valence-electron chi connectivity index (χ0n) is 13.6. The lowest BCUT2D eigenvalue weighted by Crippen LogP contribution is -2.26. The van der Waals surface area contributed by atoms with Crippen LogP contribution in [0.1, 0.15) is 17.3 Å². The molecule has 0 amide bonds. The molecule has 0 radical (unpaired) electrons. The van der Waals surface area contributed by atoms with Gasteiger partial charge in [-0.2, -0.15) is 10.2 Å². The van der Waals surface area contributed by atoms with Crippen molar-refractivity contribution in [2.75, 3.05) is 26.0 Å². The van der Waals surface area contributed by atoms with Crippen LogP contribution in [-0.4, -0.2) is 30.5 Å². The molecule has 5 nitrogen and oxygen atoms in total. The minimum Gasteiger partial charge on any atom is -0.418 e. The maximum Gasteiger partial charge on any atom is 0.240 e. The fourth-order valence-electron chi connectivity index (χ4n) is 2.48. The van der Waals surface area contributed by atoms with Crippen molar-refractivity contribution in [3.8, 4) is 16.8 Å². The topological polar surface area (TPSA) is 65.1 Å². The second-order valence-corrected chi connectivity index (χ2v) is 6.50. The first kappa shape index (κ1) is 16.2. The summed E-state index contributed by atoms with van der Waals surface area (Å²) in [6.07, 6.45) is 0. The summed E-state index contributed by atoms with van der Waals surface area (Å²) in [5.41, 5.74) is 1.48. The van der Waals surface area contributed by atoms with E-state index in [1.807, 2.05) is 49.8 Å². The first-order valence-electron chi connectivity index (χ1n) is 7.59. The molecule has 3 aromatic rings. The van der Waals surface area contributed by atoms with Crippen molar-refractivity contribution in [1.82, 2.24) is 9.88 Å². The van der Waals surface area contributed by atoms with Gasteiger partial charge in [0.15, 0.2) is 0 Å². The molecule has 6 heteroatoms. The molecule has 0 aliphatic carbocycles. The Bertz CT molecular complexity index is 819. The Morgan fingerprint density at radius 3 is 2.67 bits per heavy atom. The van der Waals surface area contributed by atoms with Gasteiger partial charge < -0.3 is 14.6 Å². The summed E-state index contributed by atoms with van der Waals surface area (Å²) in [5.74, 6) is 0.897. The largest absolute Gasteiger partial charge is 0.418 e. The summed E-state index contributed by atoms with van der Waals surface area (Å²) in [4.78, 5) is 7.31. The third-order valence-electron chi connectivity index (χ3n) is 3.73. The highest BCUT2D eigenvalue weighted by molar-refractivity contribution is 7.13. The van der Waals surface area contributed by atoms with Crippen LogP contribution in [0, 0.1) is 11.3 Å².